The van der Waals surface area contributed by atoms with E-state index >= 15 is 0 Å². The van der Waals surface area contributed by atoms with Crippen LogP contribution in [-0.2, 0) is 11.3 Å². The van der Waals surface area contributed by atoms with Crippen LogP contribution >= 0.6 is 0 Å². The Morgan fingerprint density at radius 1 is 1.36 bits per heavy atom. The zero-order valence-corrected chi connectivity index (χ0v) is 13.4. The second-order valence-corrected chi connectivity index (χ2v) is 6.03. The van der Waals surface area contributed by atoms with Gasteiger partial charge >= 0.3 is 6.03 Å². The molecule has 122 valence electrons. The lowest BCUT2D eigenvalue weighted by Gasteiger charge is -2.34. The molecule has 2 N–H and O–H groups in total. The number of hydrogen-bond donors (Lipinski definition) is 2. The number of ether oxygens (including phenoxy) is 1. The van der Waals surface area contributed by atoms with Gasteiger partial charge in [0.25, 0.3) is 0 Å². The van der Waals surface area contributed by atoms with Gasteiger partial charge in [0.2, 0.25) is 0 Å². The molecule has 0 spiro atoms. The molecule has 5 nitrogen and oxygen atoms in total. The number of nitrogens with zero attached hydrogens (tertiary/aromatic N) is 1. The molecule has 1 aliphatic rings. The van der Waals surface area contributed by atoms with E-state index < -0.39 is 0 Å². The summed E-state index contributed by atoms with van der Waals surface area (Å²) in [6.07, 6.45) is 3.89. The van der Waals surface area contributed by atoms with Gasteiger partial charge in [-0.3, -0.25) is 0 Å². The molecule has 1 aliphatic carbocycles. The average molecular weight is 306 g/mol. The van der Waals surface area contributed by atoms with E-state index in [0.717, 1.165) is 36.9 Å². The van der Waals surface area contributed by atoms with Gasteiger partial charge in [0.15, 0.2) is 0 Å². The molecule has 0 atom stereocenters. The van der Waals surface area contributed by atoms with E-state index in [2.05, 4.69) is 5.32 Å². The van der Waals surface area contributed by atoms with Crippen molar-refractivity contribution in [3.8, 4) is 0 Å². The lowest BCUT2D eigenvalue weighted by molar-refractivity contribution is 0.139. The second kappa shape index (κ2) is 8.15. The smallest absolute Gasteiger partial charge is 0.321 e. The summed E-state index contributed by atoms with van der Waals surface area (Å²) in [4.78, 5) is 14.2. The van der Waals surface area contributed by atoms with Crippen LogP contribution in [0, 0.1) is 5.92 Å². The molecular formula is C17H26N2O3. The van der Waals surface area contributed by atoms with Crippen molar-refractivity contribution in [1.29, 1.82) is 0 Å². The Balaban J connectivity index is 1.90. The van der Waals surface area contributed by atoms with Crippen LogP contribution in [-0.4, -0.2) is 42.8 Å². The Morgan fingerprint density at radius 2 is 2.09 bits per heavy atom. The quantitative estimate of drug-likeness (QED) is 0.879. The number of hydrogen-bond acceptors (Lipinski definition) is 3. The summed E-state index contributed by atoms with van der Waals surface area (Å²) < 4.78 is 5.11. The molecule has 22 heavy (non-hydrogen) atoms. The summed E-state index contributed by atoms with van der Waals surface area (Å²) in [5.41, 5.74) is 1.82. The first kappa shape index (κ1) is 16.8. The van der Waals surface area contributed by atoms with Gasteiger partial charge in [0.05, 0.1) is 6.61 Å². The SMILES string of the molecule is COCc1cccc(NC(=O)N(C)C2CCC(CO)CC2)c1. The van der Waals surface area contributed by atoms with Crippen LogP contribution in [0.4, 0.5) is 10.5 Å². The zero-order valence-electron chi connectivity index (χ0n) is 13.4. The third-order valence-electron chi connectivity index (χ3n) is 4.43. The molecule has 1 fully saturated rings. The Kier molecular flexibility index (Phi) is 6.21. The predicted octanol–water partition coefficient (Wildman–Crippen LogP) is 2.85. The largest absolute Gasteiger partial charge is 0.396 e. The average Bonchev–Trinajstić information content (AvgIpc) is 2.55. The Morgan fingerprint density at radius 3 is 2.73 bits per heavy atom. The highest BCUT2D eigenvalue weighted by atomic mass is 16.5. The summed E-state index contributed by atoms with van der Waals surface area (Å²) in [5, 5.41) is 12.1. The standard InChI is InChI=1S/C17H26N2O3/c1-19(16-8-6-13(11-20)7-9-16)17(21)18-15-5-3-4-14(10-15)12-22-2/h3-5,10,13,16,20H,6-9,11-12H2,1-2H3,(H,18,21). The van der Waals surface area contributed by atoms with Gasteiger partial charge in [-0.15, -0.1) is 0 Å². The van der Waals surface area contributed by atoms with E-state index in [4.69, 9.17) is 4.74 Å². The molecule has 0 aromatic heterocycles. The normalized spacial score (nSPS) is 21.4. The number of amides is 2. The molecule has 0 bridgehead atoms. The number of urea groups is 1. The monoisotopic (exact) mass is 306 g/mol. The van der Waals surface area contributed by atoms with E-state index in [1.54, 1.807) is 12.0 Å². The van der Waals surface area contributed by atoms with E-state index in [-0.39, 0.29) is 18.7 Å². The number of methoxy groups -OCH3 is 1. The molecule has 0 radical (unpaired) electrons. The fourth-order valence-electron chi connectivity index (χ4n) is 3.00. The summed E-state index contributed by atoms with van der Waals surface area (Å²) in [7, 11) is 3.50. The van der Waals surface area contributed by atoms with Crippen molar-refractivity contribution < 1.29 is 14.6 Å². The first-order chi connectivity index (χ1) is 10.6. The number of benzene rings is 1. The first-order valence-electron chi connectivity index (χ1n) is 7.86. The number of carbonyl (C=O) groups excluding carboxylic acids is 1. The number of anilines is 1. The van der Waals surface area contributed by atoms with Crippen molar-refractivity contribution in [3.63, 3.8) is 0 Å². The van der Waals surface area contributed by atoms with Crippen molar-refractivity contribution >= 4 is 11.7 Å². The van der Waals surface area contributed by atoms with Gasteiger partial charge in [0.1, 0.15) is 0 Å². The number of aliphatic hydroxyl groups is 1. The van der Waals surface area contributed by atoms with Crippen molar-refractivity contribution in [2.24, 2.45) is 5.92 Å². The molecule has 1 aromatic rings. The van der Waals surface area contributed by atoms with Crippen molar-refractivity contribution in [2.75, 3.05) is 26.1 Å². The number of aliphatic hydroxyl groups excluding tert-OH is 1. The van der Waals surface area contributed by atoms with Crippen molar-refractivity contribution in [1.82, 2.24) is 4.90 Å². The van der Waals surface area contributed by atoms with Gasteiger partial charge < -0.3 is 20.1 Å². The van der Waals surface area contributed by atoms with Crippen LogP contribution in [0.5, 0.6) is 0 Å². The summed E-state index contributed by atoms with van der Waals surface area (Å²) in [5.74, 6) is 0.401. The van der Waals surface area contributed by atoms with E-state index in [0.29, 0.717) is 12.5 Å². The van der Waals surface area contributed by atoms with Gasteiger partial charge in [-0.05, 0) is 49.3 Å². The highest BCUT2D eigenvalue weighted by Gasteiger charge is 2.26. The van der Waals surface area contributed by atoms with E-state index in [1.165, 1.54) is 0 Å². The molecule has 0 unspecified atom stereocenters. The summed E-state index contributed by atoms with van der Waals surface area (Å²) in [6, 6.07) is 7.87. The molecule has 1 saturated carbocycles. The lowest BCUT2D eigenvalue weighted by atomic mass is 9.86. The topological polar surface area (TPSA) is 61.8 Å². The number of rotatable bonds is 5. The number of nitrogens with one attached hydrogen (secondary N) is 1. The highest BCUT2D eigenvalue weighted by molar-refractivity contribution is 5.89. The molecule has 0 heterocycles. The molecule has 5 heteroatoms. The third-order valence-corrected chi connectivity index (χ3v) is 4.43. The van der Waals surface area contributed by atoms with Gasteiger partial charge in [0, 0.05) is 32.5 Å². The first-order valence-corrected chi connectivity index (χ1v) is 7.86. The third kappa shape index (κ3) is 4.45. The summed E-state index contributed by atoms with van der Waals surface area (Å²) >= 11 is 0. The molecule has 1 aromatic carbocycles. The molecule has 0 aliphatic heterocycles. The maximum Gasteiger partial charge on any atom is 0.321 e. The molecule has 0 saturated heterocycles. The minimum Gasteiger partial charge on any atom is -0.396 e. The predicted molar refractivity (Wildman–Crippen MR) is 86.8 cm³/mol. The number of carbonyl (C=O) groups is 1. The fourth-order valence-corrected chi connectivity index (χ4v) is 3.00. The second-order valence-electron chi connectivity index (χ2n) is 6.03. The highest BCUT2D eigenvalue weighted by Crippen LogP contribution is 2.27. The van der Waals surface area contributed by atoms with Gasteiger partial charge in [-0.1, -0.05) is 12.1 Å². The summed E-state index contributed by atoms with van der Waals surface area (Å²) in [6.45, 7) is 0.791. The van der Waals surface area contributed by atoms with Crippen LogP contribution in [0.25, 0.3) is 0 Å². The van der Waals surface area contributed by atoms with Crippen LogP contribution in [0.15, 0.2) is 24.3 Å². The maximum atomic E-state index is 12.4. The van der Waals surface area contributed by atoms with Crippen LogP contribution < -0.4 is 5.32 Å². The van der Waals surface area contributed by atoms with Crippen molar-refractivity contribution in [3.05, 3.63) is 29.8 Å². The Labute approximate surface area is 132 Å². The molecule has 2 rings (SSSR count). The molecular weight excluding hydrogens is 280 g/mol. The van der Waals surface area contributed by atoms with E-state index in [1.807, 2.05) is 31.3 Å². The zero-order chi connectivity index (χ0) is 15.9. The lowest BCUT2D eigenvalue weighted by Crippen LogP contribution is -2.42. The fraction of sp³-hybridized carbons (Fsp3) is 0.588. The van der Waals surface area contributed by atoms with Crippen LogP contribution in [0.2, 0.25) is 0 Å². The van der Waals surface area contributed by atoms with Crippen LogP contribution in [0.1, 0.15) is 31.2 Å². The van der Waals surface area contributed by atoms with Gasteiger partial charge in [-0.2, -0.15) is 0 Å². The molecule has 2 amide bonds. The minimum atomic E-state index is -0.0815. The maximum absolute atomic E-state index is 12.4. The van der Waals surface area contributed by atoms with E-state index in [9.17, 15) is 9.90 Å². The Bertz CT molecular complexity index is 485. The van der Waals surface area contributed by atoms with Crippen molar-refractivity contribution in [2.45, 2.75) is 38.3 Å². The van der Waals surface area contributed by atoms with Crippen LogP contribution in [0.3, 0.4) is 0 Å². The van der Waals surface area contributed by atoms with Gasteiger partial charge in [-0.25, -0.2) is 4.79 Å². The Hall–Kier alpha value is -1.59. The minimum absolute atomic E-state index is 0.0815.